The van der Waals surface area contributed by atoms with Crippen LogP contribution in [0.5, 0.6) is 0 Å². The normalized spacial score (nSPS) is 23.7. The zero-order valence-electron chi connectivity index (χ0n) is 11.8. The average Bonchev–Trinajstić information content (AvgIpc) is 2.52. The molecule has 2 aliphatic rings. The summed E-state index contributed by atoms with van der Waals surface area (Å²) in [4.78, 5) is 31.6. The van der Waals surface area contributed by atoms with E-state index in [1.165, 1.54) is 0 Å². The monoisotopic (exact) mass is 289 g/mol. The predicted molar refractivity (Wildman–Crippen MR) is 76.7 cm³/mol. The number of nitrogens with one attached hydrogen (secondary N) is 3. The molecule has 1 unspecified atom stereocenters. The van der Waals surface area contributed by atoms with Crippen LogP contribution in [0.25, 0.3) is 0 Å². The van der Waals surface area contributed by atoms with Gasteiger partial charge in [-0.3, -0.25) is 14.9 Å². The number of anilines is 1. The Bertz CT molecular complexity index is 525. The number of carbonyl (C=O) groups is 2. The number of imide groups is 1. The van der Waals surface area contributed by atoms with Gasteiger partial charge >= 0.3 is 0 Å². The van der Waals surface area contributed by atoms with Crippen LogP contribution in [0.2, 0.25) is 0 Å². The summed E-state index contributed by atoms with van der Waals surface area (Å²) in [5.41, 5.74) is 0.710. The number of aromatic nitrogens is 2. The van der Waals surface area contributed by atoms with Gasteiger partial charge in [-0.25, -0.2) is 9.97 Å². The molecule has 0 aromatic carbocycles. The van der Waals surface area contributed by atoms with Crippen LogP contribution >= 0.6 is 0 Å². The van der Waals surface area contributed by atoms with Gasteiger partial charge in [0.05, 0.1) is 18.1 Å². The summed E-state index contributed by atoms with van der Waals surface area (Å²) in [6, 6.07) is -0.393. The van der Waals surface area contributed by atoms with E-state index in [9.17, 15) is 9.59 Å². The summed E-state index contributed by atoms with van der Waals surface area (Å²) in [5, 5.41) is 8.72. The molecule has 21 heavy (non-hydrogen) atoms. The summed E-state index contributed by atoms with van der Waals surface area (Å²) in [6.07, 6.45) is 6.40. The largest absolute Gasteiger partial charge is 0.371 e. The highest BCUT2D eigenvalue weighted by molar-refractivity contribution is 6.01. The Kier molecular flexibility index (Phi) is 4.10. The van der Waals surface area contributed by atoms with E-state index in [2.05, 4.69) is 25.9 Å². The predicted octanol–water partition coefficient (Wildman–Crippen LogP) is 0.161. The quantitative estimate of drug-likeness (QED) is 0.686. The Labute approximate surface area is 122 Å². The first-order chi connectivity index (χ1) is 10.2. The minimum atomic E-state index is -0.393. The van der Waals surface area contributed by atoms with Crippen molar-refractivity contribution in [3.8, 4) is 0 Å². The molecule has 112 valence electrons. The fraction of sp³-hybridized carbons (Fsp3) is 0.571. The lowest BCUT2D eigenvalue weighted by Gasteiger charge is -2.23. The van der Waals surface area contributed by atoms with Gasteiger partial charge in [-0.2, -0.15) is 0 Å². The van der Waals surface area contributed by atoms with Crippen LogP contribution in [-0.4, -0.2) is 40.9 Å². The molecule has 0 spiro atoms. The van der Waals surface area contributed by atoms with Gasteiger partial charge in [0.2, 0.25) is 11.8 Å². The maximum absolute atomic E-state index is 11.7. The SMILES string of the molecule is O=C1CCC(Nc2cnc(C3CCNCC3)nc2)C(=O)N1. The zero-order chi connectivity index (χ0) is 14.7. The third-order valence-corrected chi connectivity index (χ3v) is 3.96. The molecule has 2 saturated heterocycles. The van der Waals surface area contributed by atoms with Crippen molar-refractivity contribution in [1.29, 1.82) is 0 Å². The number of carbonyl (C=O) groups excluding carboxylic acids is 2. The van der Waals surface area contributed by atoms with Gasteiger partial charge in [-0.05, 0) is 32.4 Å². The van der Waals surface area contributed by atoms with E-state index >= 15 is 0 Å². The second-order valence-electron chi connectivity index (χ2n) is 5.50. The van der Waals surface area contributed by atoms with E-state index in [0.29, 0.717) is 24.4 Å². The standard InChI is InChI=1S/C14H19N5O2/c20-12-2-1-11(14(21)19-12)18-10-7-16-13(17-8-10)9-3-5-15-6-4-9/h7-9,11,15,18H,1-6H2,(H,19,20,21). The van der Waals surface area contributed by atoms with Crippen molar-refractivity contribution in [2.24, 2.45) is 0 Å². The third-order valence-electron chi connectivity index (χ3n) is 3.96. The van der Waals surface area contributed by atoms with E-state index in [0.717, 1.165) is 31.8 Å². The van der Waals surface area contributed by atoms with Crippen molar-refractivity contribution in [3.63, 3.8) is 0 Å². The van der Waals surface area contributed by atoms with Gasteiger partial charge in [0.1, 0.15) is 11.9 Å². The lowest BCUT2D eigenvalue weighted by Crippen LogP contribution is -2.47. The Balaban J connectivity index is 1.61. The summed E-state index contributed by atoms with van der Waals surface area (Å²) >= 11 is 0. The van der Waals surface area contributed by atoms with E-state index in [-0.39, 0.29) is 11.8 Å². The highest BCUT2D eigenvalue weighted by Crippen LogP contribution is 2.22. The smallest absolute Gasteiger partial charge is 0.249 e. The molecule has 3 rings (SSSR count). The first-order valence-corrected chi connectivity index (χ1v) is 7.35. The fourth-order valence-corrected chi connectivity index (χ4v) is 2.74. The van der Waals surface area contributed by atoms with E-state index < -0.39 is 6.04 Å². The van der Waals surface area contributed by atoms with E-state index in [1.54, 1.807) is 12.4 Å². The molecule has 0 saturated carbocycles. The highest BCUT2D eigenvalue weighted by atomic mass is 16.2. The molecule has 1 aromatic heterocycles. The Morgan fingerprint density at radius 2 is 1.81 bits per heavy atom. The Morgan fingerprint density at radius 1 is 1.10 bits per heavy atom. The lowest BCUT2D eigenvalue weighted by atomic mass is 9.97. The number of nitrogens with zero attached hydrogens (tertiary/aromatic N) is 2. The molecule has 0 bridgehead atoms. The van der Waals surface area contributed by atoms with Crippen molar-refractivity contribution in [3.05, 3.63) is 18.2 Å². The molecule has 0 radical (unpaired) electrons. The lowest BCUT2D eigenvalue weighted by molar-refractivity contribution is -0.133. The van der Waals surface area contributed by atoms with Crippen molar-refractivity contribution in [2.45, 2.75) is 37.6 Å². The number of hydrogen-bond donors (Lipinski definition) is 3. The number of rotatable bonds is 3. The molecule has 2 fully saturated rings. The highest BCUT2D eigenvalue weighted by Gasteiger charge is 2.26. The van der Waals surface area contributed by atoms with Gasteiger partial charge in [-0.1, -0.05) is 0 Å². The molecular formula is C14H19N5O2. The first kappa shape index (κ1) is 13.9. The van der Waals surface area contributed by atoms with E-state index in [1.807, 2.05) is 0 Å². The Hall–Kier alpha value is -2.02. The molecule has 3 N–H and O–H groups in total. The van der Waals surface area contributed by atoms with E-state index in [4.69, 9.17) is 0 Å². The molecule has 2 amide bonds. The van der Waals surface area contributed by atoms with Crippen molar-refractivity contribution in [1.82, 2.24) is 20.6 Å². The van der Waals surface area contributed by atoms with Crippen LogP contribution in [0.15, 0.2) is 12.4 Å². The van der Waals surface area contributed by atoms with Crippen molar-refractivity contribution in [2.75, 3.05) is 18.4 Å². The fourth-order valence-electron chi connectivity index (χ4n) is 2.74. The van der Waals surface area contributed by atoms with Crippen LogP contribution in [0, 0.1) is 0 Å². The molecule has 3 heterocycles. The molecule has 7 nitrogen and oxygen atoms in total. The van der Waals surface area contributed by atoms with Crippen LogP contribution in [0.1, 0.15) is 37.4 Å². The second kappa shape index (κ2) is 6.17. The zero-order valence-corrected chi connectivity index (χ0v) is 11.8. The first-order valence-electron chi connectivity index (χ1n) is 7.35. The molecule has 7 heteroatoms. The Morgan fingerprint density at radius 3 is 2.48 bits per heavy atom. The van der Waals surface area contributed by atoms with Crippen LogP contribution in [-0.2, 0) is 9.59 Å². The molecule has 0 aliphatic carbocycles. The number of piperidine rings is 2. The third kappa shape index (κ3) is 3.36. The molecular weight excluding hydrogens is 270 g/mol. The van der Waals surface area contributed by atoms with Gasteiger partial charge in [0, 0.05) is 12.3 Å². The molecule has 1 aromatic rings. The van der Waals surface area contributed by atoms with Crippen LogP contribution < -0.4 is 16.0 Å². The van der Waals surface area contributed by atoms with Crippen LogP contribution in [0.4, 0.5) is 5.69 Å². The summed E-state index contributed by atoms with van der Waals surface area (Å²) in [6.45, 7) is 2.01. The summed E-state index contributed by atoms with van der Waals surface area (Å²) < 4.78 is 0. The molecule has 2 aliphatic heterocycles. The second-order valence-corrected chi connectivity index (χ2v) is 5.50. The number of amides is 2. The van der Waals surface area contributed by atoms with Crippen LogP contribution in [0.3, 0.4) is 0 Å². The topological polar surface area (TPSA) is 96.0 Å². The van der Waals surface area contributed by atoms with Gasteiger partial charge in [0.15, 0.2) is 0 Å². The number of hydrogen-bond acceptors (Lipinski definition) is 6. The average molecular weight is 289 g/mol. The maximum Gasteiger partial charge on any atom is 0.249 e. The van der Waals surface area contributed by atoms with Gasteiger partial charge in [-0.15, -0.1) is 0 Å². The van der Waals surface area contributed by atoms with Gasteiger partial charge in [0.25, 0.3) is 0 Å². The minimum Gasteiger partial charge on any atom is -0.371 e. The maximum atomic E-state index is 11.7. The van der Waals surface area contributed by atoms with Crippen molar-refractivity contribution < 1.29 is 9.59 Å². The summed E-state index contributed by atoms with van der Waals surface area (Å²) in [7, 11) is 0. The minimum absolute atomic E-state index is 0.212. The van der Waals surface area contributed by atoms with Crippen molar-refractivity contribution >= 4 is 17.5 Å². The molecule has 1 atom stereocenters. The van der Waals surface area contributed by atoms with Gasteiger partial charge < -0.3 is 10.6 Å². The summed E-state index contributed by atoms with van der Waals surface area (Å²) in [5.74, 6) is 0.783.